The van der Waals surface area contributed by atoms with Crippen molar-refractivity contribution < 1.29 is 4.92 Å². The second-order valence-corrected chi connectivity index (χ2v) is 22.1. The fourth-order valence-electron chi connectivity index (χ4n) is 10.3. The van der Waals surface area contributed by atoms with Crippen molar-refractivity contribution in [2.24, 2.45) is 10.7 Å². The van der Waals surface area contributed by atoms with Crippen LogP contribution in [-0.2, 0) is 0 Å². The first-order chi connectivity index (χ1) is 34.9. The Hall–Kier alpha value is -5.75. The van der Waals surface area contributed by atoms with Crippen LogP contribution in [0.2, 0.25) is 0 Å². The number of nitro benzene ring substituents is 1. The SMILES string of the molecule is CN1CCCC(n2ccc3cc(N)ccc32)CC1.CN1CCCC(n2ccc3cc(N=C(N)c4cccs4)ccc32)CC1.CN1CCCC(n2ccc3cc([N+](=O)[O-])ccc32)CC1.CSC(=N)c1cccs1. The van der Waals surface area contributed by atoms with Crippen LogP contribution < -0.4 is 11.5 Å². The average Bonchev–Trinajstić information content (AvgIpc) is 4.24. The molecule has 0 amide bonds. The molecule has 3 aromatic carbocycles. The average molecular weight is 1030 g/mol. The number of hydrogen-bond acceptors (Lipinski definition) is 11. The summed E-state index contributed by atoms with van der Waals surface area (Å²) in [6, 6.07) is 33.8. The number of hydrogen-bond donors (Lipinski definition) is 3. The van der Waals surface area contributed by atoms with Crippen LogP contribution >= 0.6 is 34.4 Å². The van der Waals surface area contributed by atoms with Crippen LogP contribution in [0, 0.1) is 15.5 Å². The number of nitrogen functional groups attached to an aromatic ring is 1. The lowest BCUT2D eigenvalue weighted by Gasteiger charge is -2.18. The van der Waals surface area contributed by atoms with E-state index in [0.29, 0.717) is 29.0 Å². The molecule has 0 bridgehead atoms. The molecule has 8 heterocycles. The monoisotopic (exact) mass is 1030 g/mol. The molecule has 72 heavy (non-hydrogen) atoms. The molecule has 8 aromatic rings. The first-order valence-corrected chi connectivity index (χ1v) is 28.2. The van der Waals surface area contributed by atoms with Gasteiger partial charge >= 0.3 is 0 Å². The maximum atomic E-state index is 10.8. The summed E-state index contributed by atoms with van der Waals surface area (Å²) in [5, 5.41) is 26.3. The van der Waals surface area contributed by atoms with Crippen molar-refractivity contribution in [3.8, 4) is 0 Å². The number of aliphatic imine (C=N–C) groups is 1. The number of aromatic nitrogens is 3. The molecule has 3 unspecified atom stereocenters. The van der Waals surface area contributed by atoms with Crippen molar-refractivity contribution in [1.82, 2.24) is 28.4 Å². The minimum absolute atomic E-state index is 0.163. The Balaban J connectivity index is 0.000000134. The molecule has 0 radical (unpaired) electrons. The molecule has 0 spiro atoms. The molecule has 3 fully saturated rings. The number of likely N-dealkylation sites (tertiary alicyclic amines) is 3. The van der Waals surface area contributed by atoms with Crippen LogP contribution in [0.3, 0.4) is 0 Å². The quantitative estimate of drug-likeness (QED) is 0.0468. The van der Waals surface area contributed by atoms with Crippen molar-refractivity contribution in [1.29, 1.82) is 5.41 Å². The van der Waals surface area contributed by atoms with Crippen LogP contribution in [0.15, 0.2) is 131 Å². The third-order valence-electron chi connectivity index (χ3n) is 14.3. The molecular weight excluding hydrogens is 955 g/mol. The number of nitrogens with zero attached hydrogens (tertiary/aromatic N) is 8. The van der Waals surface area contributed by atoms with E-state index >= 15 is 0 Å². The minimum atomic E-state index is -0.336. The van der Waals surface area contributed by atoms with Crippen molar-refractivity contribution in [3.63, 3.8) is 0 Å². The number of non-ortho nitro benzene ring substituents is 1. The van der Waals surface area contributed by atoms with Gasteiger partial charge in [-0.2, -0.15) is 0 Å². The van der Waals surface area contributed by atoms with Crippen molar-refractivity contribution >= 4 is 95.1 Å². The van der Waals surface area contributed by atoms with E-state index in [2.05, 4.69) is 116 Å². The second-order valence-electron chi connectivity index (χ2n) is 19.4. The molecular formula is C56H71N11O2S3. The third kappa shape index (κ3) is 13.6. The number of anilines is 1. The van der Waals surface area contributed by atoms with E-state index < -0.39 is 0 Å². The lowest BCUT2D eigenvalue weighted by Crippen LogP contribution is -2.19. The summed E-state index contributed by atoms with van der Waals surface area (Å²) in [5.41, 5.74) is 17.6. The highest BCUT2D eigenvalue weighted by Crippen LogP contribution is 2.32. The molecule has 16 heteroatoms. The topological polar surface area (TPSA) is 156 Å². The molecule has 5 N–H and O–H groups in total. The summed E-state index contributed by atoms with van der Waals surface area (Å²) >= 11 is 4.70. The third-order valence-corrected chi connectivity index (χ3v) is 16.8. The predicted octanol–water partition coefficient (Wildman–Crippen LogP) is 12.9. The Bertz CT molecular complexity index is 3030. The normalized spacial score (nSPS) is 19.5. The summed E-state index contributed by atoms with van der Waals surface area (Å²) < 4.78 is 7.18. The van der Waals surface area contributed by atoms with Crippen molar-refractivity contribution in [2.75, 3.05) is 72.4 Å². The highest BCUT2D eigenvalue weighted by molar-refractivity contribution is 8.14. The first kappa shape index (κ1) is 52.6. The van der Waals surface area contributed by atoms with Crippen LogP contribution in [0.5, 0.6) is 0 Å². The number of amidine groups is 1. The fourth-order valence-corrected chi connectivity index (χ4v) is 12.1. The number of thioether (sulfide) groups is 1. The van der Waals surface area contributed by atoms with E-state index in [1.54, 1.807) is 34.8 Å². The minimum Gasteiger partial charge on any atom is -0.399 e. The molecule has 3 saturated heterocycles. The Kier molecular flexibility index (Phi) is 18.4. The number of nitrogens with two attached hydrogens (primary N) is 2. The molecule has 13 nitrogen and oxygen atoms in total. The maximum Gasteiger partial charge on any atom is 0.270 e. The van der Waals surface area contributed by atoms with Crippen molar-refractivity contribution in [3.05, 3.63) is 146 Å². The van der Waals surface area contributed by atoms with Crippen LogP contribution in [0.1, 0.15) is 85.7 Å². The van der Waals surface area contributed by atoms with Gasteiger partial charge in [0.15, 0.2) is 0 Å². The zero-order chi connectivity index (χ0) is 50.6. The van der Waals surface area contributed by atoms with E-state index in [4.69, 9.17) is 16.9 Å². The molecule has 3 aliphatic rings. The Morgan fingerprint density at radius 2 is 1.08 bits per heavy atom. The summed E-state index contributed by atoms with van der Waals surface area (Å²) in [6.07, 6.45) is 19.5. The Morgan fingerprint density at radius 3 is 1.56 bits per heavy atom. The Labute approximate surface area is 436 Å². The summed E-state index contributed by atoms with van der Waals surface area (Å²) in [6.45, 7) is 7.06. The van der Waals surface area contributed by atoms with E-state index in [-0.39, 0.29) is 10.6 Å². The van der Waals surface area contributed by atoms with Gasteiger partial charge in [-0.3, -0.25) is 15.5 Å². The van der Waals surface area contributed by atoms with Gasteiger partial charge in [0, 0.05) is 87.2 Å². The van der Waals surface area contributed by atoms with Gasteiger partial charge in [-0.05, 0) is 208 Å². The van der Waals surface area contributed by atoms with Gasteiger partial charge in [0.25, 0.3) is 5.69 Å². The zero-order valence-electron chi connectivity index (χ0n) is 42.2. The standard InChI is InChI=1S/C20H24N4S.C15H19N3O2.C15H21N3.C6H7NS2/c1-23-10-2-4-17(9-11-23)24-12-8-15-14-16(6-7-18(15)24)22-20(21)19-5-3-13-25-19;1-16-8-2-3-13(7-9-16)17-10-6-12-11-14(18(19)20)4-5-15(12)17;1-17-8-2-3-14(7-9-17)18-10-6-12-11-13(16)4-5-15(12)18;1-8-6(7)5-3-2-4-9-5/h3,5-8,12-14,17H,2,4,9-11H2,1H3,(H2,21,22);4-6,10-11,13H,2-3,7-9H2,1H3;4-6,10-11,14H,2-3,7-9,16H2,1H3;2-4,7H,1H3. The number of nitrogens with one attached hydrogen (secondary N) is 1. The largest absolute Gasteiger partial charge is 0.399 e. The lowest BCUT2D eigenvalue weighted by atomic mass is 10.1. The lowest BCUT2D eigenvalue weighted by molar-refractivity contribution is -0.384. The number of benzene rings is 3. The number of nitro groups is 1. The van der Waals surface area contributed by atoms with Gasteiger partial charge in [-0.25, -0.2) is 4.99 Å². The number of thiophene rings is 2. The highest BCUT2D eigenvalue weighted by atomic mass is 32.2. The van der Waals surface area contributed by atoms with Gasteiger partial charge in [-0.1, -0.05) is 12.1 Å². The number of fused-ring (bicyclic) bond motifs is 3. The van der Waals surface area contributed by atoms with Gasteiger partial charge in [-0.15, -0.1) is 34.4 Å². The molecule has 5 aromatic heterocycles. The summed E-state index contributed by atoms with van der Waals surface area (Å²) in [4.78, 5) is 24.4. The van der Waals surface area contributed by atoms with Gasteiger partial charge in [0.1, 0.15) is 10.9 Å². The molecule has 0 saturated carbocycles. The molecule has 3 atom stereocenters. The van der Waals surface area contributed by atoms with Crippen LogP contribution in [-0.4, -0.2) is 111 Å². The second kappa shape index (κ2) is 25.3. The van der Waals surface area contributed by atoms with Gasteiger partial charge in [0.2, 0.25) is 0 Å². The van der Waals surface area contributed by atoms with Crippen molar-refractivity contribution in [2.45, 2.75) is 75.9 Å². The molecule has 11 rings (SSSR count). The Morgan fingerprint density at radius 1 is 0.625 bits per heavy atom. The summed E-state index contributed by atoms with van der Waals surface area (Å²) in [7, 11) is 6.61. The first-order valence-electron chi connectivity index (χ1n) is 25.3. The zero-order valence-corrected chi connectivity index (χ0v) is 44.7. The summed E-state index contributed by atoms with van der Waals surface area (Å²) in [5.74, 6) is 0.584. The van der Waals surface area contributed by atoms with Crippen LogP contribution in [0.4, 0.5) is 17.1 Å². The van der Waals surface area contributed by atoms with Gasteiger partial charge in [0.05, 0.1) is 20.4 Å². The van der Waals surface area contributed by atoms with E-state index in [9.17, 15) is 10.1 Å². The maximum absolute atomic E-state index is 10.8. The fraction of sp³-hybridized carbons (Fsp3) is 0.393. The van der Waals surface area contributed by atoms with Crippen LogP contribution in [0.25, 0.3) is 32.7 Å². The highest BCUT2D eigenvalue weighted by Gasteiger charge is 2.21. The number of rotatable bonds is 7. The predicted molar refractivity (Wildman–Crippen MR) is 307 cm³/mol. The molecule has 380 valence electrons. The molecule has 0 aliphatic carbocycles. The smallest absolute Gasteiger partial charge is 0.270 e. The van der Waals surface area contributed by atoms with E-state index in [1.165, 1.54) is 111 Å². The van der Waals surface area contributed by atoms with E-state index in [1.807, 2.05) is 59.5 Å². The molecule has 3 aliphatic heterocycles. The van der Waals surface area contributed by atoms with Gasteiger partial charge < -0.3 is 39.9 Å². The van der Waals surface area contributed by atoms with E-state index in [0.717, 1.165) is 51.5 Å².